The molecule has 0 spiro atoms. The lowest BCUT2D eigenvalue weighted by molar-refractivity contribution is -0.685. The van der Waals surface area contributed by atoms with Gasteiger partial charge >= 0.3 is 12.1 Å². The van der Waals surface area contributed by atoms with Crippen LogP contribution in [0.4, 0.5) is 13.2 Å². The van der Waals surface area contributed by atoms with Gasteiger partial charge in [0.25, 0.3) is 0 Å². The first-order valence-corrected chi connectivity index (χ1v) is 6.68. The van der Waals surface area contributed by atoms with E-state index in [9.17, 15) is 18.0 Å². The van der Waals surface area contributed by atoms with Crippen molar-refractivity contribution in [3.05, 3.63) is 35.4 Å². The zero-order valence-electron chi connectivity index (χ0n) is 10.1. The molecule has 0 amide bonds. The van der Waals surface area contributed by atoms with Crippen LogP contribution in [-0.4, -0.2) is 24.9 Å². The SMILES string of the molecule is COC(=O)[C@@H]1CS[C@@H](c2ccc(C(F)(F)F)cc2)[NH2+]1. The number of halogens is 3. The third-order valence-electron chi connectivity index (χ3n) is 2.93. The molecule has 2 rings (SSSR count). The highest BCUT2D eigenvalue weighted by molar-refractivity contribution is 7.99. The van der Waals surface area contributed by atoms with Gasteiger partial charge in [0.1, 0.15) is 0 Å². The van der Waals surface area contributed by atoms with Gasteiger partial charge in [-0.3, -0.25) is 0 Å². The normalized spacial score (nSPS) is 23.4. The Morgan fingerprint density at radius 3 is 2.53 bits per heavy atom. The molecule has 1 aromatic carbocycles. The molecule has 0 bridgehead atoms. The van der Waals surface area contributed by atoms with E-state index in [-0.39, 0.29) is 17.4 Å². The highest BCUT2D eigenvalue weighted by Crippen LogP contribution is 2.32. The van der Waals surface area contributed by atoms with Gasteiger partial charge in [-0.1, -0.05) is 23.9 Å². The van der Waals surface area contributed by atoms with Crippen molar-refractivity contribution in [2.45, 2.75) is 17.6 Å². The van der Waals surface area contributed by atoms with Gasteiger partial charge in [-0.2, -0.15) is 13.2 Å². The molecule has 0 unspecified atom stereocenters. The summed E-state index contributed by atoms with van der Waals surface area (Å²) in [5.74, 6) is 0.292. The summed E-state index contributed by atoms with van der Waals surface area (Å²) in [4.78, 5) is 11.4. The molecular formula is C12H13F3NO2S+. The second kappa shape index (κ2) is 5.42. The Hall–Kier alpha value is -1.21. The van der Waals surface area contributed by atoms with Crippen molar-refractivity contribution in [1.29, 1.82) is 0 Å². The summed E-state index contributed by atoms with van der Waals surface area (Å²) in [6.45, 7) is 0. The Bertz CT molecular complexity index is 461. The lowest BCUT2D eigenvalue weighted by Crippen LogP contribution is -2.89. The van der Waals surface area contributed by atoms with Crippen LogP contribution in [0.15, 0.2) is 24.3 Å². The number of carbonyl (C=O) groups is 1. The maximum atomic E-state index is 12.4. The quantitative estimate of drug-likeness (QED) is 0.841. The molecule has 2 atom stereocenters. The van der Waals surface area contributed by atoms with E-state index in [1.54, 1.807) is 0 Å². The predicted octanol–water partition coefficient (Wildman–Crippen LogP) is 1.56. The lowest BCUT2D eigenvalue weighted by Gasteiger charge is -2.11. The number of esters is 1. The fourth-order valence-electron chi connectivity index (χ4n) is 1.90. The van der Waals surface area contributed by atoms with Crippen LogP contribution in [0.25, 0.3) is 0 Å². The molecule has 7 heteroatoms. The predicted molar refractivity (Wildman–Crippen MR) is 64.4 cm³/mol. The Labute approximate surface area is 112 Å². The highest BCUT2D eigenvalue weighted by Gasteiger charge is 2.36. The number of thioether (sulfide) groups is 1. The first-order valence-electron chi connectivity index (χ1n) is 5.63. The van der Waals surface area contributed by atoms with Gasteiger partial charge < -0.3 is 10.1 Å². The van der Waals surface area contributed by atoms with Crippen LogP contribution in [0.2, 0.25) is 0 Å². The Morgan fingerprint density at radius 1 is 1.37 bits per heavy atom. The van der Waals surface area contributed by atoms with Crippen molar-refractivity contribution in [1.82, 2.24) is 0 Å². The minimum atomic E-state index is -4.32. The summed E-state index contributed by atoms with van der Waals surface area (Å²) >= 11 is 1.52. The summed E-state index contributed by atoms with van der Waals surface area (Å²) in [6.07, 6.45) is -4.32. The van der Waals surface area contributed by atoms with Gasteiger partial charge in [0.15, 0.2) is 11.4 Å². The number of alkyl halides is 3. The number of methoxy groups -OCH3 is 1. The Kier molecular flexibility index (Phi) is 4.05. The Morgan fingerprint density at radius 2 is 2.00 bits per heavy atom. The van der Waals surface area contributed by atoms with Crippen molar-refractivity contribution < 1.29 is 28.0 Å². The van der Waals surface area contributed by atoms with Crippen molar-refractivity contribution in [3.8, 4) is 0 Å². The van der Waals surface area contributed by atoms with E-state index in [0.717, 1.165) is 17.7 Å². The fourth-order valence-corrected chi connectivity index (χ4v) is 3.21. The van der Waals surface area contributed by atoms with E-state index in [4.69, 9.17) is 0 Å². The van der Waals surface area contributed by atoms with Crippen molar-refractivity contribution in [2.24, 2.45) is 0 Å². The molecule has 1 aliphatic rings. The molecule has 1 aromatic rings. The summed E-state index contributed by atoms with van der Waals surface area (Å²) in [5.41, 5.74) is 0.105. The van der Waals surface area contributed by atoms with E-state index in [0.29, 0.717) is 5.75 Å². The van der Waals surface area contributed by atoms with Crippen LogP contribution >= 0.6 is 11.8 Å². The molecule has 0 radical (unpaired) electrons. The van der Waals surface area contributed by atoms with Crippen LogP contribution < -0.4 is 5.32 Å². The maximum absolute atomic E-state index is 12.4. The summed E-state index contributed by atoms with van der Waals surface area (Å²) in [7, 11) is 1.33. The van der Waals surface area contributed by atoms with Crippen LogP contribution in [0.1, 0.15) is 16.5 Å². The monoisotopic (exact) mass is 292 g/mol. The van der Waals surface area contributed by atoms with Gasteiger partial charge in [0.2, 0.25) is 0 Å². The number of rotatable bonds is 2. The van der Waals surface area contributed by atoms with Gasteiger partial charge in [-0.25, -0.2) is 4.79 Å². The molecule has 0 aliphatic carbocycles. The molecule has 1 saturated heterocycles. The zero-order valence-corrected chi connectivity index (χ0v) is 10.9. The first kappa shape index (κ1) is 14.2. The van der Waals surface area contributed by atoms with Crippen molar-refractivity contribution in [3.63, 3.8) is 0 Å². The van der Waals surface area contributed by atoms with Crippen molar-refractivity contribution >= 4 is 17.7 Å². The van der Waals surface area contributed by atoms with Crippen LogP contribution in [-0.2, 0) is 15.7 Å². The highest BCUT2D eigenvalue weighted by atomic mass is 32.2. The molecule has 19 heavy (non-hydrogen) atoms. The molecule has 0 saturated carbocycles. The topological polar surface area (TPSA) is 42.9 Å². The van der Waals surface area contributed by atoms with E-state index in [2.05, 4.69) is 4.74 Å². The molecular weight excluding hydrogens is 279 g/mol. The number of ether oxygens (including phenoxy) is 1. The average Bonchev–Trinajstić information content (AvgIpc) is 2.86. The third kappa shape index (κ3) is 3.22. The average molecular weight is 292 g/mol. The molecule has 1 fully saturated rings. The maximum Gasteiger partial charge on any atom is 0.416 e. The summed E-state index contributed by atoms with van der Waals surface area (Å²) < 4.78 is 42.0. The number of quaternary nitrogens is 1. The molecule has 1 aliphatic heterocycles. The minimum Gasteiger partial charge on any atom is -0.465 e. The number of nitrogens with two attached hydrogens (primary N) is 1. The second-order valence-electron chi connectivity index (χ2n) is 4.20. The zero-order chi connectivity index (χ0) is 14.0. The lowest BCUT2D eigenvalue weighted by atomic mass is 10.1. The van der Waals surface area contributed by atoms with Crippen LogP contribution in [0, 0.1) is 0 Å². The van der Waals surface area contributed by atoms with E-state index >= 15 is 0 Å². The number of hydrogen-bond acceptors (Lipinski definition) is 3. The van der Waals surface area contributed by atoms with E-state index < -0.39 is 11.7 Å². The Balaban J connectivity index is 2.06. The van der Waals surface area contributed by atoms with Gasteiger partial charge in [0.05, 0.1) is 18.4 Å². The van der Waals surface area contributed by atoms with Gasteiger partial charge in [-0.15, -0.1) is 0 Å². The van der Waals surface area contributed by atoms with E-state index in [1.165, 1.54) is 31.0 Å². The number of benzene rings is 1. The van der Waals surface area contributed by atoms with Crippen LogP contribution in [0.3, 0.4) is 0 Å². The second-order valence-corrected chi connectivity index (χ2v) is 5.37. The number of hydrogen-bond donors (Lipinski definition) is 1. The standard InChI is InChI=1S/C12H12F3NO2S/c1-18-11(17)9-6-19-10(16-9)7-2-4-8(5-3-7)12(13,14)15/h2-5,9-10,16H,6H2,1H3/p+1/t9-,10-/m0/s1. The third-order valence-corrected chi connectivity index (χ3v) is 4.27. The number of carbonyl (C=O) groups excluding carboxylic acids is 1. The minimum absolute atomic E-state index is 0.0635. The summed E-state index contributed by atoms with van der Waals surface area (Å²) in [6, 6.07) is 4.75. The van der Waals surface area contributed by atoms with Crippen LogP contribution in [0.5, 0.6) is 0 Å². The molecule has 1 heterocycles. The van der Waals surface area contributed by atoms with E-state index in [1.807, 2.05) is 5.32 Å². The molecule has 0 aromatic heterocycles. The van der Waals surface area contributed by atoms with Gasteiger partial charge in [-0.05, 0) is 12.1 Å². The largest absolute Gasteiger partial charge is 0.465 e. The summed E-state index contributed by atoms with van der Waals surface area (Å²) in [5, 5.41) is 1.76. The molecule has 3 nitrogen and oxygen atoms in total. The molecule has 104 valence electrons. The first-order chi connectivity index (χ1) is 8.91. The fraction of sp³-hybridized carbons (Fsp3) is 0.417. The molecule has 2 N–H and O–H groups in total. The van der Waals surface area contributed by atoms with Gasteiger partial charge in [0, 0.05) is 5.56 Å². The van der Waals surface area contributed by atoms with Crippen molar-refractivity contribution in [2.75, 3.05) is 12.9 Å². The smallest absolute Gasteiger partial charge is 0.416 e.